The molecule has 4 N–H and O–H groups in total. The number of ether oxygens (including phenoxy) is 2. The van der Waals surface area contributed by atoms with Crippen molar-refractivity contribution in [3.8, 4) is 5.75 Å². The van der Waals surface area contributed by atoms with E-state index in [1.165, 1.54) is 6.92 Å². The normalized spacial score (nSPS) is 13.1. The number of azo groups is 1. The topological polar surface area (TPSA) is 143 Å². The van der Waals surface area contributed by atoms with Gasteiger partial charge in [0.05, 0.1) is 17.6 Å². The molecule has 1 atom stereocenters. The van der Waals surface area contributed by atoms with Gasteiger partial charge in [0.2, 0.25) is 11.7 Å². The number of aromatic amines is 2. The molecule has 1 aromatic heterocycles. The number of methoxy groups -OCH3 is 1. The van der Waals surface area contributed by atoms with Gasteiger partial charge in [-0.2, -0.15) is 15.2 Å². The van der Waals surface area contributed by atoms with Crippen molar-refractivity contribution in [3.05, 3.63) is 52.9 Å². The van der Waals surface area contributed by atoms with Crippen molar-refractivity contribution in [2.45, 2.75) is 13.0 Å². The molecule has 10 nitrogen and oxygen atoms in total. The second kappa shape index (κ2) is 9.61. The van der Waals surface area contributed by atoms with Gasteiger partial charge in [-0.1, -0.05) is 12.1 Å². The van der Waals surface area contributed by atoms with Gasteiger partial charge in [-0.15, -0.1) is 0 Å². The molecule has 30 heavy (non-hydrogen) atoms. The molecular formula is C20H22N5O5+. The zero-order valence-electron chi connectivity index (χ0n) is 16.5. The first kappa shape index (κ1) is 20.9. The molecule has 0 saturated carbocycles. The summed E-state index contributed by atoms with van der Waals surface area (Å²) in [6.07, 6.45) is 0. The largest absolute Gasteiger partial charge is 0.489 e. The van der Waals surface area contributed by atoms with E-state index in [0.29, 0.717) is 41.4 Å². The number of ketones is 1. The van der Waals surface area contributed by atoms with E-state index in [0.717, 1.165) is 0 Å². The Hall–Kier alpha value is -3.79. The lowest BCUT2D eigenvalue weighted by molar-refractivity contribution is -0.367. The number of carbonyl (C=O) groups excluding carboxylic acids is 1. The summed E-state index contributed by atoms with van der Waals surface area (Å²) < 4.78 is 10.5. The van der Waals surface area contributed by atoms with E-state index in [-0.39, 0.29) is 11.6 Å². The quantitative estimate of drug-likeness (QED) is 0.181. The highest BCUT2D eigenvalue weighted by atomic mass is 16.5. The molecular weight excluding hydrogens is 390 g/mol. The van der Waals surface area contributed by atoms with Gasteiger partial charge in [0.1, 0.15) is 18.0 Å². The van der Waals surface area contributed by atoms with E-state index in [1.807, 2.05) is 0 Å². The number of nitrogens with one attached hydrogen (secondary N) is 3. The summed E-state index contributed by atoms with van der Waals surface area (Å²) >= 11 is 0. The fraction of sp³-hybridized carbons (Fsp3) is 0.250. The molecule has 0 aliphatic carbocycles. The van der Waals surface area contributed by atoms with Crippen molar-refractivity contribution in [1.29, 1.82) is 0 Å². The van der Waals surface area contributed by atoms with Crippen LogP contribution in [0.1, 0.15) is 6.92 Å². The van der Waals surface area contributed by atoms with Crippen LogP contribution in [0.3, 0.4) is 0 Å². The Kier molecular flexibility index (Phi) is 6.71. The van der Waals surface area contributed by atoms with Crippen LogP contribution in [0.25, 0.3) is 11.0 Å². The van der Waals surface area contributed by atoms with Crippen LogP contribution in [0.2, 0.25) is 0 Å². The van der Waals surface area contributed by atoms with Crippen molar-refractivity contribution in [1.82, 2.24) is 9.97 Å². The molecule has 0 bridgehead atoms. The van der Waals surface area contributed by atoms with Gasteiger partial charge < -0.3 is 24.5 Å². The van der Waals surface area contributed by atoms with Crippen molar-refractivity contribution in [3.63, 3.8) is 0 Å². The van der Waals surface area contributed by atoms with Crippen molar-refractivity contribution in [2.24, 2.45) is 10.2 Å². The summed E-state index contributed by atoms with van der Waals surface area (Å²) in [6, 6.07) is 10.7. The molecule has 0 amide bonds. The number of carbonyl (C=O) groups is 1. The van der Waals surface area contributed by atoms with Gasteiger partial charge in [-0.3, -0.25) is 4.79 Å². The first-order chi connectivity index (χ1) is 14.5. The standard InChI is InChI=1S/C20H21N5O5/c1-12(26)18(25-24-15-5-3-4-6-17(15)30-10-9-29-2)19(27)21-13-7-8-14-16(11-13)23-20(28)22-14/h3-8,11,18H,9-10H2,1-2H3,(H,21,27)(H2,22,23,28)/p+1. The lowest BCUT2D eigenvalue weighted by Gasteiger charge is -2.07. The lowest BCUT2D eigenvalue weighted by atomic mass is 10.2. The summed E-state index contributed by atoms with van der Waals surface area (Å²) in [5.41, 5.74) is 1.73. The number of imidazole rings is 1. The van der Waals surface area contributed by atoms with Crippen LogP contribution in [-0.4, -0.2) is 53.1 Å². The van der Waals surface area contributed by atoms with Gasteiger partial charge in [0.15, 0.2) is 5.78 Å². The molecule has 3 rings (SSSR count). The third-order valence-corrected chi connectivity index (χ3v) is 4.12. The summed E-state index contributed by atoms with van der Waals surface area (Å²) in [6.45, 7) is 2.05. The number of rotatable bonds is 9. The summed E-state index contributed by atoms with van der Waals surface area (Å²) in [5, 5.41) is 18.5. The monoisotopic (exact) mass is 412 g/mol. The van der Waals surface area contributed by atoms with Gasteiger partial charge in [-0.25, -0.2) is 4.79 Å². The average molecular weight is 412 g/mol. The van der Waals surface area contributed by atoms with Crippen LogP contribution in [0.15, 0.2) is 57.5 Å². The van der Waals surface area contributed by atoms with E-state index >= 15 is 0 Å². The van der Waals surface area contributed by atoms with E-state index in [4.69, 9.17) is 9.47 Å². The highest BCUT2D eigenvalue weighted by Gasteiger charge is 2.26. The Balaban J connectivity index is 1.83. The highest BCUT2D eigenvalue weighted by Crippen LogP contribution is 2.27. The number of Topliss-reactive ketones (excluding diaryl/α,β-unsaturated/α-hetero) is 1. The SMILES string of the molecule is COCCOc1ccccc1N=NC(C(C)=O)C(O)=[NH+]c1ccc2[nH]c(=O)[nH]c2c1. The van der Waals surface area contributed by atoms with Crippen LogP contribution in [0.5, 0.6) is 5.75 Å². The Bertz CT molecular complexity index is 1150. The molecule has 156 valence electrons. The molecule has 0 spiro atoms. The number of benzene rings is 2. The maximum Gasteiger partial charge on any atom is 0.373 e. The van der Waals surface area contributed by atoms with Crippen LogP contribution in [0, 0.1) is 0 Å². The maximum absolute atomic E-state index is 12.0. The minimum absolute atomic E-state index is 0.335. The molecule has 1 heterocycles. The molecule has 0 radical (unpaired) electrons. The smallest absolute Gasteiger partial charge is 0.373 e. The number of fused-ring (bicyclic) bond motifs is 1. The van der Waals surface area contributed by atoms with Crippen molar-refractivity contribution >= 4 is 34.1 Å². The van der Waals surface area contributed by atoms with Crippen LogP contribution in [-0.2, 0) is 9.53 Å². The Morgan fingerprint density at radius 3 is 2.70 bits per heavy atom. The molecule has 0 saturated heterocycles. The van der Waals surface area contributed by atoms with Gasteiger partial charge in [-0.05, 0) is 25.1 Å². The number of H-pyrrole nitrogens is 2. The number of nitrogens with zero attached hydrogens (tertiary/aromatic N) is 2. The number of aromatic nitrogens is 2. The van der Waals surface area contributed by atoms with Gasteiger partial charge in [0.25, 0.3) is 0 Å². The molecule has 3 aromatic rings. The van der Waals surface area contributed by atoms with E-state index in [9.17, 15) is 14.7 Å². The van der Waals surface area contributed by atoms with Crippen LogP contribution < -0.4 is 15.4 Å². The van der Waals surface area contributed by atoms with E-state index < -0.39 is 11.8 Å². The van der Waals surface area contributed by atoms with E-state index in [2.05, 4.69) is 25.2 Å². The van der Waals surface area contributed by atoms with Crippen LogP contribution in [0.4, 0.5) is 11.4 Å². The van der Waals surface area contributed by atoms with Crippen molar-refractivity contribution < 1.29 is 24.4 Å². The Labute approximate surface area is 171 Å². The third kappa shape index (κ3) is 5.17. The van der Waals surface area contributed by atoms with Gasteiger partial charge >= 0.3 is 11.6 Å². The molecule has 1 unspecified atom stereocenters. The number of hydrogen-bond acceptors (Lipinski definition) is 6. The number of aliphatic hydroxyl groups is 1. The summed E-state index contributed by atoms with van der Waals surface area (Å²) in [7, 11) is 1.57. The Morgan fingerprint density at radius 2 is 1.93 bits per heavy atom. The molecule has 0 aliphatic rings. The molecule has 0 aliphatic heterocycles. The zero-order valence-corrected chi connectivity index (χ0v) is 16.5. The minimum atomic E-state index is -1.22. The van der Waals surface area contributed by atoms with Gasteiger partial charge in [0, 0.05) is 19.2 Å². The molecule has 0 fully saturated rings. The molecule has 10 heteroatoms. The Morgan fingerprint density at radius 1 is 1.17 bits per heavy atom. The zero-order chi connectivity index (χ0) is 21.5. The third-order valence-electron chi connectivity index (χ3n) is 4.12. The van der Waals surface area contributed by atoms with Crippen LogP contribution >= 0.6 is 0 Å². The first-order valence-corrected chi connectivity index (χ1v) is 9.15. The minimum Gasteiger partial charge on any atom is -0.489 e. The fourth-order valence-electron chi connectivity index (χ4n) is 2.67. The second-order valence-electron chi connectivity index (χ2n) is 6.39. The summed E-state index contributed by atoms with van der Waals surface area (Å²) in [5.74, 6) is -0.311. The summed E-state index contributed by atoms with van der Waals surface area (Å²) in [4.78, 5) is 31.4. The second-order valence-corrected chi connectivity index (χ2v) is 6.39. The maximum atomic E-state index is 12.0. The predicted molar refractivity (Wildman–Crippen MR) is 110 cm³/mol. The first-order valence-electron chi connectivity index (χ1n) is 9.15. The highest BCUT2D eigenvalue weighted by molar-refractivity contribution is 6.01. The molecule has 2 aromatic carbocycles. The fourth-order valence-corrected chi connectivity index (χ4v) is 2.67. The number of aliphatic hydroxyl groups excluding tert-OH is 1. The van der Waals surface area contributed by atoms with E-state index in [1.54, 1.807) is 49.6 Å². The number of para-hydroxylation sites is 1. The van der Waals surface area contributed by atoms with Crippen molar-refractivity contribution in [2.75, 3.05) is 20.3 Å². The average Bonchev–Trinajstić information content (AvgIpc) is 3.08. The predicted octanol–water partition coefficient (Wildman–Crippen LogP) is 1.29. The lowest BCUT2D eigenvalue weighted by Crippen LogP contribution is -2.69. The number of hydrogen-bond donors (Lipinski definition) is 4.